The molecule has 0 spiro atoms. The third-order valence-electron chi connectivity index (χ3n) is 3.97. The number of pyridine rings is 1. The lowest BCUT2D eigenvalue weighted by Crippen LogP contribution is -2.22. The molecule has 0 aliphatic rings. The smallest absolute Gasteiger partial charge is 0.0315 e. The van der Waals surface area contributed by atoms with E-state index in [0.29, 0.717) is 0 Å². The van der Waals surface area contributed by atoms with Crippen LogP contribution in [0.15, 0.2) is 67.0 Å². The molecule has 0 saturated carbocycles. The molecule has 1 aromatic heterocycles. The van der Waals surface area contributed by atoms with Crippen molar-refractivity contribution in [2.75, 3.05) is 0 Å². The number of rotatable bonds is 4. The first-order valence-corrected chi connectivity index (χ1v) is 7.39. The molecule has 0 amide bonds. The van der Waals surface area contributed by atoms with E-state index >= 15 is 0 Å². The summed E-state index contributed by atoms with van der Waals surface area (Å²) in [5.74, 6) is 0. The van der Waals surface area contributed by atoms with E-state index in [4.69, 9.17) is 0 Å². The largest absolute Gasteiger partial charge is 0.304 e. The van der Waals surface area contributed by atoms with Crippen molar-refractivity contribution in [1.82, 2.24) is 10.3 Å². The van der Waals surface area contributed by atoms with Gasteiger partial charge in [-0.15, -0.1) is 0 Å². The van der Waals surface area contributed by atoms with Crippen molar-refractivity contribution >= 4 is 10.8 Å². The quantitative estimate of drug-likeness (QED) is 0.750. The van der Waals surface area contributed by atoms with Gasteiger partial charge in [-0.25, -0.2) is 0 Å². The van der Waals surface area contributed by atoms with Crippen LogP contribution in [0.25, 0.3) is 10.8 Å². The lowest BCUT2D eigenvalue weighted by atomic mass is 9.98. The molecule has 1 N–H and O–H groups in total. The molecule has 0 aliphatic carbocycles. The first-order valence-electron chi connectivity index (χ1n) is 7.39. The summed E-state index contributed by atoms with van der Waals surface area (Å²) in [6.45, 7) is 4.40. The molecule has 2 atom stereocenters. The fraction of sp³-hybridized carbons (Fsp3) is 0.211. The Morgan fingerprint density at radius 1 is 0.857 bits per heavy atom. The zero-order chi connectivity index (χ0) is 14.7. The summed E-state index contributed by atoms with van der Waals surface area (Å²) >= 11 is 0. The van der Waals surface area contributed by atoms with Gasteiger partial charge in [-0.1, -0.05) is 48.5 Å². The minimum Gasteiger partial charge on any atom is -0.304 e. The van der Waals surface area contributed by atoms with E-state index in [1.165, 1.54) is 21.9 Å². The van der Waals surface area contributed by atoms with Gasteiger partial charge in [-0.2, -0.15) is 0 Å². The predicted octanol–water partition coefficient (Wildman–Crippen LogP) is 4.65. The molecule has 0 unspecified atom stereocenters. The van der Waals surface area contributed by atoms with Crippen molar-refractivity contribution in [3.63, 3.8) is 0 Å². The van der Waals surface area contributed by atoms with Crippen LogP contribution in [0.1, 0.15) is 37.1 Å². The normalized spacial score (nSPS) is 14.0. The van der Waals surface area contributed by atoms with Crippen molar-refractivity contribution in [1.29, 1.82) is 0 Å². The number of fused-ring (bicyclic) bond motifs is 1. The summed E-state index contributed by atoms with van der Waals surface area (Å²) in [5, 5.41) is 6.27. The number of hydrogen-bond acceptors (Lipinski definition) is 2. The van der Waals surface area contributed by atoms with E-state index < -0.39 is 0 Å². The highest BCUT2D eigenvalue weighted by Crippen LogP contribution is 2.26. The van der Waals surface area contributed by atoms with Crippen molar-refractivity contribution < 1.29 is 0 Å². The molecule has 0 radical (unpaired) electrons. The van der Waals surface area contributed by atoms with E-state index in [-0.39, 0.29) is 12.1 Å². The van der Waals surface area contributed by atoms with E-state index in [0.717, 1.165) is 0 Å². The molecule has 0 aliphatic heterocycles. The van der Waals surface area contributed by atoms with Gasteiger partial charge in [-0.3, -0.25) is 4.98 Å². The van der Waals surface area contributed by atoms with Gasteiger partial charge in [0.1, 0.15) is 0 Å². The summed E-state index contributed by atoms with van der Waals surface area (Å²) in [6, 6.07) is 19.7. The summed E-state index contributed by atoms with van der Waals surface area (Å²) in [5.41, 5.74) is 2.55. The maximum Gasteiger partial charge on any atom is 0.0315 e. The second-order valence-corrected chi connectivity index (χ2v) is 5.46. The fourth-order valence-corrected chi connectivity index (χ4v) is 2.82. The van der Waals surface area contributed by atoms with Gasteiger partial charge in [-0.05, 0) is 41.8 Å². The van der Waals surface area contributed by atoms with Crippen LogP contribution < -0.4 is 5.32 Å². The molecule has 2 nitrogen and oxygen atoms in total. The Hall–Kier alpha value is -2.19. The summed E-state index contributed by atoms with van der Waals surface area (Å²) in [7, 11) is 0. The summed E-state index contributed by atoms with van der Waals surface area (Å²) in [6.07, 6.45) is 3.73. The monoisotopic (exact) mass is 276 g/mol. The molecular weight excluding hydrogens is 256 g/mol. The van der Waals surface area contributed by atoms with E-state index in [9.17, 15) is 0 Å². The zero-order valence-corrected chi connectivity index (χ0v) is 12.5. The second kappa shape index (κ2) is 6.06. The third kappa shape index (κ3) is 2.96. The van der Waals surface area contributed by atoms with Gasteiger partial charge in [0.2, 0.25) is 0 Å². The van der Waals surface area contributed by atoms with Gasteiger partial charge >= 0.3 is 0 Å². The molecule has 2 aromatic carbocycles. The van der Waals surface area contributed by atoms with E-state index in [2.05, 4.69) is 72.7 Å². The summed E-state index contributed by atoms with van der Waals surface area (Å²) < 4.78 is 0. The maximum atomic E-state index is 4.20. The van der Waals surface area contributed by atoms with Gasteiger partial charge in [0, 0.05) is 24.5 Å². The SMILES string of the molecule is C[C@@H](N[C@H](C)c1cccc2ccccc12)c1cccnc1. The molecule has 1 heterocycles. The van der Waals surface area contributed by atoms with Crippen LogP contribution in [0.3, 0.4) is 0 Å². The van der Waals surface area contributed by atoms with Crippen LogP contribution in [0.2, 0.25) is 0 Å². The highest BCUT2D eigenvalue weighted by atomic mass is 14.9. The van der Waals surface area contributed by atoms with E-state index in [1.807, 2.05) is 18.5 Å². The summed E-state index contributed by atoms with van der Waals surface area (Å²) in [4.78, 5) is 4.20. The topological polar surface area (TPSA) is 24.9 Å². The van der Waals surface area contributed by atoms with Crippen LogP contribution in [-0.2, 0) is 0 Å². The zero-order valence-electron chi connectivity index (χ0n) is 12.5. The Kier molecular flexibility index (Phi) is 3.98. The first-order chi connectivity index (χ1) is 10.3. The van der Waals surface area contributed by atoms with Gasteiger partial charge in [0.05, 0.1) is 0 Å². The molecule has 0 bridgehead atoms. The van der Waals surface area contributed by atoms with Crippen molar-refractivity contribution in [2.45, 2.75) is 25.9 Å². The Labute approximate surface area is 125 Å². The third-order valence-corrected chi connectivity index (χ3v) is 3.97. The molecule has 0 fully saturated rings. The van der Waals surface area contributed by atoms with Gasteiger partial charge in [0.15, 0.2) is 0 Å². The minimum absolute atomic E-state index is 0.271. The van der Waals surface area contributed by atoms with Gasteiger partial charge in [0.25, 0.3) is 0 Å². The first kappa shape index (κ1) is 13.8. The van der Waals surface area contributed by atoms with Gasteiger partial charge < -0.3 is 5.32 Å². The molecule has 0 saturated heterocycles. The number of hydrogen-bond donors (Lipinski definition) is 1. The number of nitrogens with zero attached hydrogens (tertiary/aromatic N) is 1. The van der Waals surface area contributed by atoms with E-state index in [1.54, 1.807) is 0 Å². The standard InChI is InChI=1S/C19H20N2/c1-14(17-9-6-12-20-13-17)21-15(2)18-11-5-8-16-7-3-4-10-19(16)18/h3-15,21H,1-2H3/t14-,15-/m1/s1. The second-order valence-electron chi connectivity index (χ2n) is 5.46. The van der Waals surface area contributed by atoms with Crippen LogP contribution in [0, 0.1) is 0 Å². The lowest BCUT2D eigenvalue weighted by Gasteiger charge is -2.21. The van der Waals surface area contributed by atoms with Crippen LogP contribution >= 0.6 is 0 Å². The Bertz CT molecular complexity index is 716. The number of benzene rings is 2. The predicted molar refractivity (Wildman–Crippen MR) is 88.2 cm³/mol. The van der Waals surface area contributed by atoms with Crippen LogP contribution in [0.4, 0.5) is 0 Å². The Morgan fingerprint density at radius 2 is 1.67 bits per heavy atom. The molecule has 3 aromatic rings. The average Bonchev–Trinajstić information content (AvgIpc) is 2.55. The highest BCUT2D eigenvalue weighted by Gasteiger charge is 2.13. The molecule has 21 heavy (non-hydrogen) atoms. The number of aromatic nitrogens is 1. The molecule has 2 heteroatoms. The highest BCUT2D eigenvalue weighted by molar-refractivity contribution is 5.86. The molecular formula is C19H20N2. The average molecular weight is 276 g/mol. The van der Waals surface area contributed by atoms with Crippen molar-refractivity contribution in [3.05, 3.63) is 78.1 Å². The minimum atomic E-state index is 0.271. The Balaban J connectivity index is 1.86. The lowest BCUT2D eigenvalue weighted by molar-refractivity contribution is 0.496. The molecule has 106 valence electrons. The fourth-order valence-electron chi connectivity index (χ4n) is 2.82. The number of nitrogens with one attached hydrogen (secondary N) is 1. The molecule has 3 rings (SSSR count). The maximum absolute atomic E-state index is 4.20. The van der Waals surface area contributed by atoms with Crippen molar-refractivity contribution in [2.24, 2.45) is 0 Å². The van der Waals surface area contributed by atoms with Crippen LogP contribution in [-0.4, -0.2) is 4.98 Å². The van der Waals surface area contributed by atoms with Crippen molar-refractivity contribution in [3.8, 4) is 0 Å². The Morgan fingerprint density at radius 3 is 2.48 bits per heavy atom. The van der Waals surface area contributed by atoms with Crippen LogP contribution in [0.5, 0.6) is 0 Å².